The lowest BCUT2D eigenvalue weighted by Gasteiger charge is -2.46. The summed E-state index contributed by atoms with van der Waals surface area (Å²) in [4.78, 5) is 2.41. The Labute approximate surface area is 130 Å². The minimum absolute atomic E-state index is 0.178. The van der Waals surface area contributed by atoms with Crippen molar-refractivity contribution in [3.05, 3.63) is 0 Å². The second-order valence-corrected chi connectivity index (χ2v) is 10.9. The summed E-state index contributed by atoms with van der Waals surface area (Å²) in [6.07, 6.45) is 3.70. The second-order valence-electron chi connectivity index (χ2n) is 8.04. The maximum Gasteiger partial charge on any atom is 0.156 e. The van der Waals surface area contributed by atoms with Crippen LogP contribution in [0.1, 0.15) is 53.9 Å². The zero-order chi connectivity index (χ0) is 15.9. The summed E-state index contributed by atoms with van der Waals surface area (Å²) in [5.74, 6) is 1.05. The highest BCUT2D eigenvalue weighted by molar-refractivity contribution is 7.92. The Kier molecular flexibility index (Phi) is 4.77. The Hall–Kier alpha value is -0.130. The van der Waals surface area contributed by atoms with Gasteiger partial charge in [-0.1, -0.05) is 6.92 Å². The lowest BCUT2D eigenvalue weighted by atomic mass is 9.90. The minimum Gasteiger partial charge on any atom is -0.308 e. The van der Waals surface area contributed by atoms with E-state index in [4.69, 9.17) is 0 Å². The third kappa shape index (κ3) is 3.80. The normalized spacial score (nSPS) is 32.3. The number of nitrogens with one attached hydrogen (secondary N) is 1. The van der Waals surface area contributed by atoms with Gasteiger partial charge in [-0.05, 0) is 52.9 Å². The molecule has 2 unspecified atom stereocenters. The first-order valence-corrected chi connectivity index (χ1v) is 9.95. The molecule has 2 aliphatic rings. The summed E-state index contributed by atoms with van der Waals surface area (Å²) in [5.41, 5.74) is 0.178. The van der Waals surface area contributed by atoms with Crippen LogP contribution >= 0.6 is 0 Å². The van der Waals surface area contributed by atoms with E-state index < -0.39 is 14.6 Å². The molecule has 124 valence electrons. The molecular weight excluding hydrogens is 284 g/mol. The predicted molar refractivity (Wildman–Crippen MR) is 88.3 cm³/mol. The quantitative estimate of drug-likeness (QED) is 0.843. The third-order valence-electron chi connectivity index (χ3n) is 5.32. The van der Waals surface area contributed by atoms with Gasteiger partial charge in [0.15, 0.2) is 9.84 Å². The topological polar surface area (TPSA) is 49.4 Å². The van der Waals surface area contributed by atoms with Gasteiger partial charge in [-0.3, -0.25) is 4.90 Å². The van der Waals surface area contributed by atoms with E-state index in [-0.39, 0.29) is 11.3 Å². The van der Waals surface area contributed by atoms with Crippen molar-refractivity contribution in [2.75, 3.05) is 25.4 Å². The smallest absolute Gasteiger partial charge is 0.156 e. The van der Waals surface area contributed by atoms with Gasteiger partial charge in [-0.15, -0.1) is 0 Å². The van der Waals surface area contributed by atoms with Gasteiger partial charge in [-0.25, -0.2) is 8.42 Å². The van der Waals surface area contributed by atoms with Crippen LogP contribution in [0.4, 0.5) is 0 Å². The maximum absolute atomic E-state index is 12.4. The Balaban J connectivity index is 2.01. The van der Waals surface area contributed by atoms with Crippen molar-refractivity contribution >= 4 is 9.84 Å². The van der Waals surface area contributed by atoms with E-state index >= 15 is 0 Å². The molecule has 2 atom stereocenters. The standard InChI is InChI=1S/C16H32N2O2S/c1-6-14-11-17-16(5,13-7-8-13)12-18(14)9-10-21(19,20)15(2,3)4/h13-14,17H,6-12H2,1-5H3. The molecule has 1 aliphatic heterocycles. The van der Waals surface area contributed by atoms with Crippen LogP contribution in [-0.4, -0.2) is 55.0 Å². The Bertz CT molecular complexity index is 465. The van der Waals surface area contributed by atoms with E-state index in [1.807, 2.05) is 0 Å². The van der Waals surface area contributed by atoms with E-state index in [0.717, 1.165) is 25.4 Å². The molecule has 0 radical (unpaired) electrons. The molecule has 5 heteroatoms. The first-order chi connectivity index (χ1) is 9.59. The Morgan fingerprint density at radius 1 is 1.29 bits per heavy atom. The molecule has 0 spiro atoms. The summed E-state index contributed by atoms with van der Waals surface area (Å²) < 4.78 is 24.1. The summed E-state index contributed by atoms with van der Waals surface area (Å²) in [6.45, 7) is 12.5. The predicted octanol–water partition coefficient (Wildman–Crippen LogP) is 2.05. The lowest BCUT2D eigenvalue weighted by molar-refractivity contribution is 0.0784. The number of hydrogen-bond acceptors (Lipinski definition) is 4. The molecule has 2 fully saturated rings. The largest absolute Gasteiger partial charge is 0.308 e. The number of rotatable bonds is 5. The van der Waals surface area contributed by atoms with Crippen molar-refractivity contribution in [2.45, 2.75) is 70.2 Å². The van der Waals surface area contributed by atoms with Crippen LogP contribution in [0.5, 0.6) is 0 Å². The number of hydrogen-bond donors (Lipinski definition) is 1. The zero-order valence-corrected chi connectivity index (χ0v) is 15.1. The second kappa shape index (κ2) is 5.82. The highest BCUT2D eigenvalue weighted by atomic mass is 32.2. The fourth-order valence-electron chi connectivity index (χ4n) is 3.29. The fourth-order valence-corrected chi connectivity index (χ4v) is 4.38. The van der Waals surface area contributed by atoms with Crippen LogP contribution in [0.2, 0.25) is 0 Å². The van der Waals surface area contributed by atoms with Gasteiger partial charge in [0.05, 0.1) is 10.5 Å². The van der Waals surface area contributed by atoms with Crippen molar-refractivity contribution in [1.82, 2.24) is 10.2 Å². The van der Waals surface area contributed by atoms with Gasteiger partial charge >= 0.3 is 0 Å². The zero-order valence-electron chi connectivity index (χ0n) is 14.3. The van der Waals surface area contributed by atoms with Crippen LogP contribution in [0, 0.1) is 5.92 Å². The van der Waals surface area contributed by atoms with Crippen LogP contribution < -0.4 is 5.32 Å². The lowest BCUT2D eigenvalue weighted by Crippen LogP contribution is -2.64. The van der Waals surface area contributed by atoms with Crippen molar-refractivity contribution in [3.8, 4) is 0 Å². The SMILES string of the molecule is CCC1CNC(C)(C2CC2)CN1CCS(=O)(=O)C(C)(C)C. The van der Waals surface area contributed by atoms with Gasteiger partial charge in [0.2, 0.25) is 0 Å². The fraction of sp³-hybridized carbons (Fsp3) is 1.00. The molecule has 0 aromatic carbocycles. The van der Waals surface area contributed by atoms with Gasteiger partial charge < -0.3 is 5.32 Å². The van der Waals surface area contributed by atoms with Gasteiger partial charge in [0.1, 0.15) is 0 Å². The molecular formula is C16H32N2O2S. The molecule has 21 heavy (non-hydrogen) atoms. The first kappa shape index (κ1) is 17.2. The molecule has 0 aromatic heterocycles. The number of piperazine rings is 1. The molecule has 2 rings (SSSR count). The Morgan fingerprint density at radius 2 is 1.90 bits per heavy atom. The molecule has 1 saturated carbocycles. The van der Waals surface area contributed by atoms with Crippen molar-refractivity contribution < 1.29 is 8.42 Å². The molecule has 1 saturated heterocycles. The van der Waals surface area contributed by atoms with Crippen LogP contribution in [0.25, 0.3) is 0 Å². The molecule has 0 amide bonds. The highest BCUT2D eigenvalue weighted by Gasteiger charge is 2.45. The summed E-state index contributed by atoms with van der Waals surface area (Å²) in [5, 5.41) is 3.72. The third-order valence-corrected chi connectivity index (χ3v) is 7.91. The van der Waals surface area contributed by atoms with Crippen molar-refractivity contribution in [1.29, 1.82) is 0 Å². The van der Waals surface area contributed by atoms with Crippen LogP contribution in [0.3, 0.4) is 0 Å². The highest BCUT2D eigenvalue weighted by Crippen LogP contribution is 2.41. The summed E-state index contributed by atoms with van der Waals surface area (Å²) >= 11 is 0. The molecule has 1 N–H and O–H groups in total. The van der Waals surface area contributed by atoms with E-state index in [1.165, 1.54) is 12.8 Å². The minimum atomic E-state index is -3.03. The van der Waals surface area contributed by atoms with Gasteiger partial charge in [0.25, 0.3) is 0 Å². The molecule has 4 nitrogen and oxygen atoms in total. The molecule has 0 aromatic rings. The van der Waals surface area contributed by atoms with Crippen molar-refractivity contribution in [3.63, 3.8) is 0 Å². The molecule has 0 bridgehead atoms. The van der Waals surface area contributed by atoms with E-state index in [0.29, 0.717) is 12.6 Å². The van der Waals surface area contributed by atoms with Crippen LogP contribution in [0.15, 0.2) is 0 Å². The van der Waals surface area contributed by atoms with Crippen LogP contribution in [-0.2, 0) is 9.84 Å². The average molecular weight is 317 g/mol. The van der Waals surface area contributed by atoms with E-state index in [1.54, 1.807) is 20.8 Å². The average Bonchev–Trinajstić information content (AvgIpc) is 3.20. The van der Waals surface area contributed by atoms with Gasteiger partial charge in [-0.2, -0.15) is 0 Å². The maximum atomic E-state index is 12.4. The molecule has 1 aliphatic carbocycles. The monoisotopic (exact) mass is 316 g/mol. The number of nitrogens with zero attached hydrogens (tertiary/aromatic N) is 1. The van der Waals surface area contributed by atoms with Gasteiger partial charge in [0, 0.05) is 31.2 Å². The van der Waals surface area contributed by atoms with Crippen molar-refractivity contribution in [2.24, 2.45) is 5.92 Å². The Morgan fingerprint density at radius 3 is 2.38 bits per heavy atom. The first-order valence-electron chi connectivity index (χ1n) is 8.30. The van der Waals surface area contributed by atoms with E-state index in [2.05, 4.69) is 24.1 Å². The van der Waals surface area contributed by atoms with E-state index in [9.17, 15) is 8.42 Å². The molecule has 1 heterocycles. The number of sulfone groups is 1. The summed E-state index contributed by atoms with van der Waals surface area (Å²) in [6, 6.07) is 0.465. The summed E-state index contributed by atoms with van der Waals surface area (Å²) in [7, 11) is -3.03.